The van der Waals surface area contributed by atoms with Crippen LogP contribution in [0, 0.1) is 0 Å². The Morgan fingerprint density at radius 1 is 1.33 bits per heavy atom. The third-order valence-electron chi connectivity index (χ3n) is 2.74. The van der Waals surface area contributed by atoms with Crippen molar-refractivity contribution in [3.63, 3.8) is 0 Å². The number of aliphatic hydroxyl groups is 1. The highest BCUT2D eigenvalue weighted by Crippen LogP contribution is 2.22. The van der Waals surface area contributed by atoms with Crippen LogP contribution in [0.15, 0.2) is 30.3 Å². The third-order valence-corrected chi connectivity index (χ3v) is 2.74. The number of fused-ring (bicyclic) bond motifs is 1. The van der Waals surface area contributed by atoms with Gasteiger partial charge in [-0.3, -0.25) is 0 Å². The second-order valence-electron chi connectivity index (χ2n) is 3.97. The van der Waals surface area contributed by atoms with Crippen molar-refractivity contribution in [1.82, 2.24) is 4.98 Å². The van der Waals surface area contributed by atoms with Crippen molar-refractivity contribution in [2.75, 3.05) is 0 Å². The number of aromatic amines is 1. The minimum atomic E-state index is -0.350. The highest BCUT2D eigenvalue weighted by molar-refractivity contribution is 5.80. The summed E-state index contributed by atoms with van der Waals surface area (Å²) in [5.74, 6) is 0. The van der Waals surface area contributed by atoms with E-state index in [1.807, 2.05) is 24.3 Å². The number of benzene rings is 1. The Morgan fingerprint density at radius 2 is 2.13 bits per heavy atom. The molecule has 1 aromatic carbocycles. The van der Waals surface area contributed by atoms with Crippen molar-refractivity contribution < 1.29 is 5.11 Å². The molecule has 0 bridgehead atoms. The van der Waals surface area contributed by atoms with E-state index in [4.69, 9.17) is 0 Å². The predicted molar refractivity (Wildman–Crippen MR) is 62.8 cm³/mol. The van der Waals surface area contributed by atoms with Gasteiger partial charge in [0.05, 0.1) is 6.10 Å². The van der Waals surface area contributed by atoms with Gasteiger partial charge in [-0.2, -0.15) is 0 Å². The van der Waals surface area contributed by atoms with Crippen LogP contribution < -0.4 is 0 Å². The lowest BCUT2D eigenvalue weighted by Gasteiger charge is -2.06. The molecule has 0 radical (unpaired) electrons. The number of hydrogen-bond acceptors (Lipinski definition) is 1. The smallest absolute Gasteiger partial charge is 0.0938 e. The lowest BCUT2D eigenvalue weighted by Crippen LogP contribution is -1.96. The van der Waals surface area contributed by atoms with Gasteiger partial charge in [-0.25, -0.2) is 0 Å². The normalized spacial score (nSPS) is 13.2. The zero-order valence-electron chi connectivity index (χ0n) is 9.03. The van der Waals surface area contributed by atoms with Crippen molar-refractivity contribution in [2.45, 2.75) is 32.3 Å². The molecule has 1 heterocycles. The summed E-state index contributed by atoms with van der Waals surface area (Å²) < 4.78 is 0. The van der Waals surface area contributed by atoms with E-state index in [1.165, 1.54) is 5.39 Å². The van der Waals surface area contributed by atoms with Gasteiger partial charge in [0.15, 0.2) is 0 Å². The van der Waals surface area contributed by atoms with E-state index in [9.17, 15) is 5.11 Å². The fourth-order valence-corrected chi connectivity index (χ4v) is 1.83. The van der Waals surface area contributed by atoms with Gasteiger partial charge in [0.25, 0.3) is 0 Å². The van der Waals surface area contributed by atoms with E-state index in [0.29, 0.717) is 0 Å². The molecule has 80 valence electrons. The standard InChI is InChI=1S/C13H17NO/c1-2-3-8-13(15)12-9-10-6-4-5-7-11(10)14-12/h4-7,9,13-15H,2-3,8H2,1H3. The fourth-order valence-electron chi connectivity index (χ4n) is 1.83. The van der Waals surface area contributed by atoms with Gasteiger partial charge < -0.3 is 10.1 Å². The summed E-state index contributed by atoms with van der Waals surface area (Å²) in [5, 5.41) is 11.1. The van der Waals surface area contributed by atoms with Gasteiger partial charge in [0.1, 0.15) is 0 Å². The first-order chi connectivity index (χ1) is 7.31. The number of para-hydroxylation sites is 1. The Balaban J connectivity index is 2.20. The molecule has 0 spiro atoms. The minimum Gasteiger partial charge on any atom is -0.387 e. The minimum absolute atomic E-state index is 0.350. The van der Waals surface area contributed by atoms with Crippen molar-refractivity contribution in [3.8, 4) is 0 Å². The van der Waals surface area contributed by atoms with E-state index < -0.39 is 0 Å². The molecule has 0 aliphatic heterocycles. The molecular formula is C13H17NO. The van der Waals surface area contributed by atoms with Crippen LogP contribution in [0.3, 0.4) is 0 Å². The molecule has 0 saturated heterocycles. The largest absolute Gasteiger partial charge is 0.387 e. The van der Waals surface area contributed by atoms with Crippen LogP contribution in [0.5, 0.6) is 0 Å². The molecule has 1 unspecified atom stereocenters. The molecule has 0 aliphatic carbocycles. The molecule has 0 aliphatic rings. The van der Waals surface area contributed by atoms with E-state index in [2.05, 4.69) is 18.0 Å². The SMILES string of the molecule is CCCCC(O)c1cc2ccccc2[nH]1. The average Bonchev–Trinajstić information content (AvgIpc) is 2.69. The van der Waals surface area contributed by atoms with Gasteiger partial charge in [-0.15, -0.1) is 0 Å². The van der Waals surface area contributed by atoms with Crippen molar-refractivity contribution in [1.29, 1.82) is 0 Å². The summed E-state index contributed by atoms with van der Waals surface area (Å²) in [5.41, 5.74) is 2.03. The lowest BCUT2D eigenvalue weighted by molar-refractivity contribution is 0.160. The Morgan fingerprint density at radius 3 is 2.87 bits per heavy atom. The molecule has 1 aromatic heterocycles. The molecule has 1 atom stereocenters. The molecular weight excluding hydrogens is 186 g/mol. The maximum absolute atomic E-state index is 9.92. The molecule has 2 N–H and O–H groups in total. The van der Waals surface area contributed by atoms with Crippen molar-refractivity contribution in [2.24, 2.45) is 0 Å². The van der Waals surface area contributed by atoms with Gasteiger partial charge >= 0.3 is 0 Å². The van der Waals surface area contributed by atoms with Crippen molar-refractivity contribution in [3.05, 3.63) is 36.0 Å². The fraction of sp³-hybridized carbons (Fsp3) is 0.385. The summed E-state index contributed by atoms with van der Waals surface area (Å²) in [6.45, 7) is 2.14. The molecule has 0 amide bonds. The molecule has 2 rings (SSSR count). The van der Waals surface area contributed by atoms with Crippen LogP contribution >= 0.6 is 0 Å². The Labute approximate surface area is 89.9 Å². The second kappa shape index (κ2) is 4.49. The summed E-state index contributed by atoms with van der Waals surface area (Å²) in [4.78, 5) is 3.25. The van der Waals surface area contributed by atoms with E-state index >= 15 is 0 Å². The number of nitrogens with one attached hydrogen (secondary N) is 1. The highest BCUT2D eigenvalue weighted by atomic mass is 16.3. The van der Waals surface area contributed by atoms with Crippen LogP contribution in [0.4, 0.5) is 0 Å². The van der Waals surface area contributed by atoms with Crippen LogP contribution in [-0.2, 0) is 0 Å². The molecule has 2 nitrogen and oxygen atoms in total. The number of aliphatic hydroxyl groups excluding tert-OH is 1. The van der Waals surface area contributed by atoms with E-state index in [0.717, 1.165) is 30.5 Å². The van der Waals surface area contributed by atoms with Gasteiger partial charge in [0, 0.05) is 11.2 Å². The molecule has 0 saturated carbocycles. The third kappa shape index (κ3) is 2.21. The van der Waals surface area contributed by atoms with Crippen LogP contribution in [-0.4, -0.2) is 10.1 Å². The van der Waals surface area contributed by atoms with Crippen molar-refractivity contribution >= 4 is 10.9 Å². The van der Waals surface area contributed by atoms with Crippen LogP contribution in [0.1, 0.15) is 38.0 Å². The number of unbranched alkanes of at least 4 members (excludes halogenated alkanes) is 1. The first-order valence-electron chi connectivity index (χ1n) is 5.57. The van der Waals surface area contributed by atoms with E-state index in [-0.39, 0.29) is 6.10 Å². The summed E-state index contributed by atoms with van der Waals surface area (Å²) in [6.07, 6.45) is 2.68. The average molecular weight is 203 g/mol. The predicted octanol–water partition coefficient (Wildman–Crippen LogP) is 3.39. The first kappa shape index (κ1) is 10.2. The summed E-state index contributed by atoms with van der Waals surface area (Å²) in [7, 11) is 0. The zero-order valence-corrected chi connectivity index (χ0v) is 9.03. The quantitative estimate of drug-likeness (QED) is 0.785. The van der Waals surface area contributed by atoms with E-state index in [1.54, 1.807) is 0 Å². The monoisotopic (exact) mass is 203 g/mol. The molecule has 2 aromatic rings. The Bertz CT molecular complexity index is 400. The Kier molecular flexibility index (Phi) is 3.07. The first-order valence-corrected chi connectivity index (χ1v) is 5.57. The van der Waals surface area contributed by atoms with Crippen LogP contribution in [0.2, 0.25) is 0 Å². The molecule has 15 heavy (non-hydrogen) atoms. The summed E-state index contributed by atoms with van der Waals surface area (Å²) in [6, 6.07) is 10.1. The van der Waals surface area contributed by atoms with Gasteiger partial charge in [0.2, 0.25) is 0 Å². The second-order valence-corrected chi connectivity index (χ2v) is 3.97. The number of hydrogen-bond donors (Lipinski definition) is 2. The van der Waals surface area contributed by atoms with Gasteiger partial charge in [-0.1, -0.05) is 38.0 Å². The summed E-state index contributed by atoms with van der Waals surface area (Å²) >= 11 is 0. The molecule has 0 fully saturated rings. The number of rotatable bonds is 4. The number of H-pyrrole nitrogens is 1. The number of aromatic nitrogens is 1. The highest BCUT2D eigenvalue weighted by Gasteiger charge is 2.09. The van der Waals surface area contributed by atoms with Crippen LogP contribution in [0.25, 0.3) is 10.9 Å². The lowest BCUT2D eigenvalue weighted by atomic mass is 10.1. The molecule has 2 heteroatoms. The zero-order chi connectivity index (χ0) is 10.7. The Hall–Kier alpha value is -1.28. The maximum atomic E-state index is 9.92. The maximum Gasteiger partial charge on any atom is 0.0938 e. The van der Waals surface area contributed by atoms with Gasteiger partial charge in [-0.05, 0) is 23.9 Å². The topological polar surface area (TPSA) is 36.0 Å².